The zero-order chi connectivity index (χ0) is 14.6. The number of likely N-dealkylation sites (N-methyl/N-ethyl adjacent to an activating group) is 2. The number of carbonyl (C=O) groups excluding carboxylic acids is 2. The van der Waals surface area contributed by atoms with Gasteiger partial charge in [-0.05, 0) is 19.1 Å². The molecular weight excluding hydrogens is 252 g/mol. The van der Waals surface area contributed by atoms with E-state index in [9.17, 15) is 14.4 Å². The fourth-order valence-corrected chi connectivity index (χ4v) is 1.36. The second-order valence-electron chi connectivity index (χ2n) is 4.08. The summed E-state index contributed by atoms with van der Waals surface area (Å²) < 4.78 is 4.92. The number of carboxylic acid groups (broad SMARTS) is 1. The molecule has 1 aromatic heterocycles. The number of amides is 2. The first-order valence-electron chi connectivity index (χ1n) is 5.69. The Morgan fingerprint density at radius 1 is 1.21 bits per heavy atom. The normalized spacial score (nSPS) is 10.1. The highest BCUT2D eigenvalue weighted by molar-refractivity contribution is 5.95. The Labute approximate surface area is 110 Å². The standard InChI is InChI=1S/C12H16N2O5/c1-4-14(7-10(15)13(2)3)11(16)8-5-6-9(19-8)12(17)18/h5-6H,4,7H2,1-3H3,(H,17,18). The van der Waals surface area contributed by atoms with Gasteiger partial charge in [0.05, 0.1) is 0 Å². The summed E-state index contributed by atoms with van der Waals surface area (Å²) in [6, 6.07) is 2.49. The van der Waals surface area contributed by atoms with Crippen LogP contribution in [0.3, 0.4) is 0 Å². The number of furan rings is 1. The second-order valence-corrected chi connectivity index (χ2v) is 4.08. The molecule has 104 valence electrons. The Balaban J connectivity index is 2.83. The van der Waals surface area contributed by atoms with Gasteiger partial charge in [0.1, 0.15) is 6.54 Å². The Morgan fingerprint density at radius 2 is 1.79 bits per heavy atom. The smallest absolute Gasteiger partial charge is 0.371 e. The predicted octanol–water partition coefficient (Wildman–Crippen LogP) is 0.528. The van der Waals surface area contributed by atoms with Gasteiger partial charge in [-0.2, -0.15) is 0 Å². The Hall–Kier alpha value is -2.31. The molecule has 0 spiro atoms. The van der Waals surface area contributed by atoms with Gasteiger partial charge < -0.3 is 19.3 Å². The van der Waals surface area contributed by atoms with Crippen LogP contribution in [0, 0.1) is 0 Å². The van der Waals surface area contributed by atoms with E-state index in [-0.39, 0.29) is 24.0 Å². The van der Waals surface area contributed by atoms with Crippen LogP contribution in [-0.2, 0) is 4.79 Å². The Kier molecular flexibility index (Phi) is 4.68. The summed E-state index contributed by atoms with van der Waals surface area (Å²) in [7, 11) is 3.19. The molecule has 1 heterocycles. The molecule has 0 unspecified atom stereocenters. The van der Waals surface area contributed by atoms with Gasteiger partial charge in [-0.1, -0.05) is 0 Å². The molecule has 0 bridgehead atoms. The van der Waals surface area contributed by atoms with E-state index in [0.717, 1.165) is 0 Å². The monoisotopic (exact) mass is 268 g/mol. The Morgan fingerprint density at radius 3 is 2.21 bits per heavy atom. The topological polar surface area (TPSA) is 91.1 Å². The summed E-state index contributed by atoms with van der Waals surface area (Å²) in [5.74, 6) is -2.37. The molecular formula is C12H16N2O5. The summed E-state index contributed by atoms with van der Waals surface area (Å²) in [6.07, 6.45) is 0. The zero-order valence-corrected chi connectivity index (χ0v) is 11.0. The summed E-state index contributed by atoms with van der Waals surface area (Å²) in [5.41, 5.74) is 0. The molecule has 1 rings (SSSR count). The minimum Gasteiger partial charge on any atom is -0.475 e. The lowest BCUT2D eigenvalue weighted by atomic mass is 10.3. The van der Waals surface area contributed by atoms with Crippen molar-refractivity contribution in [1.82, 2.24) is 9.80 Å². The quantitative estimate of drug-likeness (QED) is 0.841. The third-order valence-corrected chi connectivity index (χ3v) is 2.52. The van der Waals surface area contributed by atoms with E-state index < -0.39 is 11.9 Å². The van der Waals surface area contributed by atoms with E-state index in [1.54, 1.807) is 21.0 Å². The number of carboxylic acids is 1. The third kappa shape index (κ3) is 3.57. The average Bonchev–Trinajstić information content (AvgIpc) is 2.84. The van der Waals surface area contributed by atoms with Gasteiger partial charge in [-0.3, -0.25) is 9.59 Å². The highest BCUT2D eigenvalue weighted by Gasteiger charge is 2.22. The van der Waals surface area contributed by atoms with Crippen molar-refractivity contribution < 1.29 is 23.9 Å². The molecule has 0 aromatic carbocycles. The average molecular weight is 268 g/mol. The molecule has 1 N–H and O–H groups in total. The van der Waals surface area contributed by atoms with E-state index in [0.29, 0.717) is 6.54 Å². The molecule has 0 saturated carbocycles. The molecule has 0 aliphatic carbocycles. The zero-order valence-electron chi connectivity index (χ0n) is 11.0. The van der Waals surface area contributed by atoms with Crippen LogP contribution >= 0.6 is 0 Å². The molecule has 0 aliphatic heterocycles. The van der Waals surface area contributed by atoms with E-state index in [1.165, 1.54) is 21.9 Å². The van der Waals surface area contributed by atoms with Crippen molar-refractivity contribution in [3.63, 3.8) is 0 Å². The molecule has 1 aromatic rings. The van der Waals surface area contributed by atoms with Crippen LogP contribution in [0.2, 0.25) is 0 Å². The molecule has 0 radical (unpaired) electrons. The molecule has 0 saturated heterocycles. The lowest BCUT2D eigenvalue weighted by molar-refractivity contribution is -0.129. The van der Waals surface area contributed by atoms with Gasteiger partial charge in [0.2, 0.25) is 11.7 Å². The third-order valence-electron chi connectivity index (χ3n) is 2.52. The molecule has 2 amide bonds. The van der Waals surface area contributed by atoms with Crippen molar-refractivity contribution in [1.29, 1.82) is 0 Å². The van der Waals surface area contributed by atoms with Crippen LogP contribution in [0.15, 0.2) is 16.5 Å². The maximum atomic E-state index is 12.0. The van der Waals surface area contributed by atoms with E-state index in [1.807, 2.05) is 0 Å². The summed E-state index contributed by atoms with van der Waals surface area (Å²) in [6.45, 7) is 1.97. The van der Waals surface area contributed by atoms with Crippen molar-refractivity contribution in [3.8, 4) is 0 Å². The van der Waals surface area contributed by atoms with Gasteiger partial charge in [-0.25, -0.2) is 4.79 Å². The van der Waals surface area contributed by atoms with Crippen molar-refractivity contribution in [2.45, 2.75) is 6.92 Å². The maximum absolute atomic E-state index is 12.0. The predicted molar refractivity (Wildman–Crippen MR) is 65.9 cm³/mol. The largest absolute Gasteiger partial charge is 0.475 e. The first-order valence-corrected chi connectivity index (χ1v) is 5.69. The maximum Gasteiger partial charge on any atom is 0.371 e. The highest BCUT2D eigenvalue weighted by Crippen LogP contribution is 2.11. The van der Waals surface area contributed by atoms with E-state index in [4.69, 9.17) is 9.52 Å². The van der Waals surface area contributed by atoms with Crippen LogP contribution in [0.4, 0.5) is 0 Å². The Bertz CT molecular complexity index is 492. The molecule has 7 heteroatoms. The van der Waals surface area contributed by atoms with Crippen molar-refractivity contribution in [2.24, 2.45) is 0 Å². The number of nitrogens with zero attached hydrogens (tertiary/aromatic N) is 2. The number of hydrogen-bond donors (Lipinski definition) is 1. The first-order chi connectivity index (χ1) is 8.86. The van der Waals surface area contributed by atoms with Gasteiger partial charge in [0.25, 0.3) is 5.91 Å². The van der Waals surface area contributed by atoms with Gasteiger partial charge in [0.15, 0.2) is 5.76 Å². The minimum absolute atomic E-state index is 0.0779. The molecule has 7 nitrogen and oxygen atoms in total. The van der Waals surface area contributed by atoms with Gasteiger partial charge in [0, 0.05) is 20.6 Å². The van der Waals surface area contributed by atoms with Gasteiger partial charge >= 0.3 is 5.97 Å². The minimum atomic E-state index is -1.24. The van der Waals surface area contributed by atoms with Gasteiger partial charge in [-0.15, -0.1) is 0 Å². The molecule has 19 heavy (non-hydrogen) atoms. The molecule has 0 aliphatic rings. The van der Waals surface area contributed by atoms with Crippen molar-refractivity contribution in [2.75, 3.05) is 27.2 Å². The second kappa shape index (κ2) is 6.03. The van der Waals surface area contributed by atoms with E-state index in [2.05, 4.69) is 0 Å². The summed E-state index contributed by atoms with van der Waals surface area (Å²) in [4.78, 5) is 36.9. The number of aromatic carboxylic acids is 1. The van der Waals surface area contributed by atoms with Crippen LogP contribution in [0.5, 0.6) is 0 Å². The van der Waals surface area contributed by atoms with Crippen molar-refractivity contribution >= 4 is 17.8 Å². The molecule has 0 fully saturated rings. The highest BCUT2D eigenvalue weighted by atomic mass is 16.4. The molecule has 0 atom stereocenters. The van der Waals surface area contributed by atoms with Crippen LogP contribution < -0.4 is 0 Å². The fraction of sp³-hybridized carbons (Fsp3) is 0.417. The number of hydrogen-bond acceptors (Lipinski definition) is 4. The number of rotatable bonds is 5. The first kappa shape index (κ1) is 14.7. The van der Waals surface area contributed by atoms with Crippen molar-refractivity contribution in [3.05, 3.63) is 23.7 Å². The van der Waals surface area contributed by atoms with Crippen LogP contribution in [0.25, 0.3) is 0 Å². The summed E-state index contributed by atoms with van der Waals surface area (Å²) >= 11 is 0. The van der Waals surface area contributed by atoms with Crippen LogP contribution in [-0.4, -0.2) is 59.9 Å². The lowest BCUT2D eigenvalue weighted by Crippen LogP contribution is -2.40. The fourth-order valence-electron chi connectivity index (χ4n) is 1.36. The van der Waals surface area contributed by atoms with E-state index >= 15 is 0 Å². The number of carbonyl (C=O) groups is 3. The summed E-state index contributed by atoms with van der Waals surface area (Å²) in [5, 5.41) is 8.71. The lowest BCUT2D eigenvalue weighted by Gasteiger charge is -2.21. The van der Waals surface area contributed by atoms with Crippen LogP contribution in [0.1, 0.15) is 28.0 Å². The SMILES string of the molecule is CCN(CC(=O)N(C)C)C(=O)c1ccc(C(=O)O)o1.